The van der Waals surface area contributed by atoms with Gasteiger partial charge in [0.2, 0.25) is 12.0 Å². The van der Waals surface area contributed by atoms with Crippen molar-refractivity contribution in [3.8, 4) is 0 Å². The second-order valence-corrected chi connectivity index (χ2v) is 3.39. The molecule has 0 heterocycles. The molecule has 19 heavy (non-hydrogen) atoms. The zero-order chi connectivity index (χ0) is 15.4. The molecule has 0 aliphatic carbocycles. The molecule has 0 aromatic carbocycles. The average molecular weight is 297 g/mol. The first-order chi connectivity index (χ1) is 8.35. The normalized spacial score (nSPS) is 14.3. The van der Waals surface area contributed by atoms with Crippen molar-refractivity contribution in [1.29, 1.82) is 0 Å². The van der Waals surface area contributed by atoms with Crippen LogP contribution in [0.25, 0.3) is 0 Å². The summed E-state index contributed by atoms with van der Waals surface area (Å²) in [7, 11) is 0. The van der Waals surface area contributed by atoms with Crippen molar-refractivity contribution in [2.75, 3.05) is 6.61 Å². The SMILES string of the molecule is CC(=O)NC(COC(C(F)(F)F)C(F)(F)F)C(=O)O. The van der Waals surface area contributed by atoms with E-state index in [4.69, 9.17) is 5.11 Å². The first-order valence-corrected chi connectivity index (χ1v) is 4.60. The van der Waals surface area contributed by atoms with Gasteiger partial charge >= 0.3 is 18.3 Å². The molecule has 0 spiro atoms. The van der Waals surface area contributed by atoms with Crippen molar-refractivity contribution >= 4 is 11.9 Å². The number of ether oxygens (including phenoxy) is 1. The number of alkyl halides is 6. The third-order valence-electron chi connectivity index (χ3n) is 1.70. The molecule has 11 heteroatoms. The molecule has 0 saturated carbocycles. The maximum atomic E-state index is 12.1. The van der Waals surface area contributed by atoms with Gasteiger partial charge in [0.1, 0.15) is 0 Å². The highest BCUT2D eigenvalue weighted by Gasteiger charge is 2.58. The second kappa shape index (κ2) is 6.08. The summed E-state index contributed by atoms with van der Waals surface area (Å²) in [6.07, 6.45) is -15.6. The Morgan fingerprint density at radius 3 is 1.84 bits per heavy atom. The van der Waals surface area contributed by atoms with Gasteiger partial charge in [-0.15, -0.1) is 0 Å². The van der Waals surface area contributed by atoms with Gasteiger partial charge in [-0.2, -0.15) is 26.3 Å². The monoisotopic (exact) mass is 297 g/mol. The van der Waals surface area contributed by atoms with E-state index >= 15 is 0 Å². The summed E-state index contributed by atoms with van der Waals surface area (Å²) in [5.74, 6) is -2.76. The van der Waals surface area contributed by atoms with Crippen molar-refractivity contribution in [3.63, 3.8) is 0 Å². The molecule has 0 bridgehead atoms. The number of carbonyl (C=O) groups excluding carboxylic acids is 1. The van der Waals surface area contributed by atoms with Crippen LogP contribution in [0.2, 0.25) is 0 Å². The largest absolute Gasteiger partial charge is 0.480 e. The van der Waals surface area contributed by atoms with E-state index in [1.54, 1.807) is 5.32 Å². The van der Waals surface area contributed by atoms with E-state index in [1.807, 2.05) is 0 Å². The van der Waals surface area contributed by atoms with E-state index in [-0.39, 0.29) is 0 Å². The minimum atomic E-state index is -5.74. The van der Waals surface area contributed by atoms with Crippen LogP contribution in [-0.2, 0) is 14.3 Å². The lowest BCUT2D eigenvalue weighted by Crippen LogP contribution is -2.49. The molecule has 0 radical (unpaired) electrons. The quantitative estimate of drug-likeness (QED) is 0.745. The van der Waals surface area contributed by atoms with Crippen LogP contribution < -0.4 is 5.32 Å². The Labute approximate surface area is 102 Å². The number of carboxylic acids is 1. The van der Waals surface area contributed by atoms with Gasteiger partial charge in [-0.25, -0.2) is 4.79 Å². The van der Waals surface area contributed by atoms with Crippen molar-refractivity contribution in [2.45, 2.75) is 31.4 Å². The maximum absolute atomic E-state index is 12.1. The zero-order valence-electron chi connectivity index (χ0n) is 9.30. The topological polar surface area (TPSA) is 75.6 Å². The highest BCUT2D eigenvalue weighted by atomic mass is 19.4. The molecular formula is C8H9F6NO4. The minimum Gasteiger partial charge on any atom is -0.480 e. The molecule has 0 aromatic heterocycles. The van der Waals surface area contributed by atoms with Crippen LogP contribution in [0.3, 0.4) is 0 Å². The molecule has 1 amide bonds. The van der Waals surface area contributed by atoms with E-state index in [0.29, 0.717) is 0 Å². The minimum absolute atomic E-state index is 0.848. The van der Waals surface area contributed by atoms with Crippen LogP contribution in [0.5, 0.6) is 0 Å². The first kappa shape index (κ1) is 17.5. The fraction of sp³-hybridized carbons (Fsp3) is 0.750. The van der Waals surface area contributed by atoms with Gasteiger partial charge < -0.3 is 15.2 Å². The molecule has 2 N–H and O–H groups in total. The third kappa shape index (κ3) is 6.27. The van der Waals surface area contributed by atoms with E-state index in [9.17, 15) is 35.9 Å². The highest BCUT2D eigenvalue weighted by molar-refractivity contribution is 5.82. The van der Waals surface area contributed by atoms with Gasteiger partial charge in [-0.1, -0.05) is 0 Å². The Bertz CT molecular complexity index is 325. The number of rotatable bonds is 5. The summed E-state index contributed by atoms with van der Waals surface area (Å²) in [4.78, 5) is 21.0. The third-order valence-corrected chi connectivity index (χ3v) is 1.70. The summed E-state index contributed by atoms with van der Waals surface area (Å²) in [5, 5.41) is 10.1. The summed E-state index contributed by atoms with van der Waals surface area (Å²) in [6.45, 7) is -0.625. The fourth-order valence-corrected chi connectivity index (χ4v) is 0.987. The van der Waals surface area contributed by atoms with E-state index < -0.39 is 43.0 Å². The molecule has 0 aliphatic rings. The molecule has 0 fully saturated rings. The Kier molecular flexibility index (Phi) is 5.60. The number of carboxylic acid groups (broad SMARTS) is 1. The van der Waals surface area contributed by atoms with Gasteiger partial charge in [-0.05, 0) is 0 Å². The first-order valence-electron chi connectivity index (χ1n) is 4.60. The predicted molar refractivity (Wildman–Crippen MR) is 47.1 cm³/mol. The molecule has 1 atom stereocenters. The van der Waals surface area contributed by atoms with Crippen LogP contribution in [0.4, 0.5) is 26.3 Å². The van der Waals surface area contributed by atoms with Crippen LogP contribution in [0.15, 0.2) is 0 Å². The molecule has 1 unspecified atom stereocenters. The van der Waals surface area contributed by atoms with Crippen LogP contribution in [0.1, 0.15) is 6.92 Å². The van der Waals surface area contributed by atoms with E-state index in [1.165, 1.54) is 0 Å². The predicted octanol–water partition coefficient (Wildman–Crippen LogP) is 1.09. The lowest BCUT2D eigenvalue weighted by Gasteiger charge is -2.24. The molecule has 112 valence electrons. The van der Waals surface area contributed by atoms with E-state index in [2.05, 4.69) is 4.74 Å². The van der Waals surface area contributed by atoms with Crippen molar-refractivity contribution in [2.24, 2.45) is 0 Å². The fourth-order valence-electron chi connectivity index (χ4n) is 0.987. The Balaban J connectivity index is 4.79. The van der Waals surface area contributed by atoms with Gasteiger partial charge in [0.25, 0.3) is 0 Å². The van der Waals surface area contributed by atoms with Crippen LogP contribution >= 0.6 is 0 Å². The molecule has 0 aromatic rings. The Morgan fingerprint density at radius 2 is 1.58 bits per heavy atom. The highest BCUT2D eigenvalue weighted by Crippen LogP contribution is 2.35. The summed E-state index contributed by atoms with van der Waals surface area (Å²) in [5.41, 5.74) is 0. The molecule has 0 aliphatic heterocycles. The molecule has 5 nitrogen and oxygen atoms in total. The Hall–Kier alpha value is -1.52. The van der Waals surface area contributed by atoms with Crippen LogP contribution in [-0.4, -0.2) is 48.1 Å². The summed E-state index contributed by atoms with van der Waals surface area (Å²) in [6, 6.07) is -2.01. The molecular weight excluding hydrogens is 288 g/mol. The van der Waals surface area contributed by atoms with Crippen LogP contribution in [0, 0.1) is 0 Å². The number of hydrogen-bond donors (Lipinski definition) is 2. The molecule has 0 rings (SSSR count). The van der Waals surface area contributed by atoms with Gasteiger partial charge in [-0.3, -0.25) is 4.79 Å². The number of hydrogen-bond acceptors (Lipinski definition) is 3. The van der Waals surface area contributed by atoms with Crippen molar-refractivity contribution in [3.05, 3.63) is 0 Å². The van der Waals surface area contributed by atoms with Gasteiger partial charge in [0.05, 0.1) is 6.61 Å². The lowest BCUT2D eigenvalue weighted by atomic mass is 10.3. The second-order valence-electron chi connectivity index (χ2n) is 3.39. The lowest BCUT2D eigenvalue weighted by molar-refractivity contribution is -0.322. The average Bonchev–Trinajstić information content (AvgIpc) is 2.10. The summed E-state index contributed by atoms with van der Waals surface area (Å²) < 4.78 is 75.9. The Morgan fingerprint density at radius 1 is 1.16 bits per heavy atom. The zero-order valence-corrected chi connectivity index (χ0v) is 9.30. The molecule has 0 saturated heterocycles. The van der Waals surface area contributed by atoms with Gasteiger partial charge in [0, 0.05) is 6.92 Å². The number of carbonyl (C=O) groups is 2. The van der Waals surface area contributed by atoms with Crippen molar-refractivity contribution in [1.82, 2.24) is 5.32 Å². The number of nitrogens with one attached hydrogen (secondary N) is 1. The number of aliphatic carboxylic acids is 1. The summed E-state index contributed by atoms with van der Waals surface area (Å²) >= 11 is 0. The smallest absolute Gasteiger partial charge is 0.423 e. The maximum Gasteiger partial charge on any atom is 0.423 e. The van der Waals surface area contributed by atoms with Crippen molar-refractivity contribution < 1.29 is 45.8 Å². The number of halogens is 6. The number of amides is 1. The van der Waals surface area contributed by atoms with E-state index in [0.717, 1.165) is 6.92 Å². The standard InChI is InChI=1S/C8H9F6NO4/c1-3(16)15-4(5(17)18)2-19-6(7(9,10)11)8(12,13)14/h4,6H,2H2,1H3,(H,15,16)(H,17,18). The van der Waals surface area contributed by atoms with Gasteiger partial charge in [0.15, 0.2) is 6.04 Å².